The summed E-state index contributed by atoms with van der Waals surface area (Å²) in [6.45, 7) is 4.72. The van der Waals surface area contributed by atoms with Crippen molar-refractivity contribution in [3.05, 3.63) is 217 Å². The number of hydrogen-bond acceptors (Lipinski definition) is 1. The first-order chi connectivity index (χ1) is 30.0. The zero-order chi connectivity index (χ0) is 40.4. The molecule has 0 saturated heterocycles. The molecule has 1 heterocycles. The standard InChI is InChI=1S/C59H40N2/c1-59(2)52-18-9-8-17-48(52)49-32-29-47(36-53(49)59)60(46-28-23-37-11-6-7-12-41(37)33-46)45-26-21-38(22-27-45)42-25-30-50-54(34-42)61(44-15-4-3-5-16-44)55-35-43-20-19-39-13-10-14-40-24-31-51(58(50)55)57(43)56(39)40/h3-36H,1-2H3. The molecule has 0 radical (unpaired) electrons. The molecule has 0 saturated carbocycles. The first kappa shape index (κ1) is 34.2. The lowest BCUT2D eigenvalue weighted by Crippen LogP contribution is -2.16. The van der Waals surface area contributed by atoms with E-state index in [1.165, 1.54) is 98.3 Å². The average molecular weight is 777 g/mol. The molecule has 0 fully saturated rings. The number of anilines is 3. The lowest BCUT2D eigenvalue weighted by atomic mass is 9.82. The SMILES string of the molecule is CC1(C)c2ccccc2-c2ccc(N(c3ccc(-c4ccc5c6c7ccc8cccc9ccc(cc6n(-c6ccccc6)c5c4)c7c98)cc3)c3ccc4ccccc4c3)cc21. The molecule has 0 N–H and O–H groups in total. The second-order valence-electron chi connectivity index (χ2n) is 17.3. The largest absolute Gasteiger partial charge is 0.310 e. The van der Waals surface area contributed by atoms with Crippen LogP contribution in [0.1, 0.15) is 25.0 Å². The quantitative estimate of drug-likeness (QED) is 0.158. The van der Waals surface area contributed by atoms with Gasteiger partial charge in [-0.05, 0) is 137 Å². The average Bonchev–Trinajstić information content (AvgIpc) is 3.76. The Morgan fingerprint density at radius 1 is 0.361 bits per heavy atom. The van der Waals surface area contributed by atoms with Gasteiger partial charge < -0.3 is 9.47 Å². The molecule has 1 aromatic heterocycles. The number of aromatic nitrogens is 1. The number of fused-ring (bicyclic) bond motifs is 8. The molecule has 0 spiro atoms. The third-order valence-corrected chi connectivity index (χ3v) is 13.7. The van der Waals surface area contributed by atoms with Crippen molar-refractivity contribution in [1.82, 2.24) is 4.57 Å². The number of nitrogens with zero attached hydrogens (tertiary/aromatic N) is 2. The van der Waals surface area contributed by atoms with E-state index in [-0.39, 0.29) is 5.41 Å². The van der Waals surface area contributed by atoms with Crippen molar-refractivity contribution < 1.29 is 0 Å². The second-order valence-corrected chi connectivity index (χ2v) is 17.3. The lowest BCUT2D eigenvalue weighted by Gasteiger charge is -2.28. The van der Waals surface area contributed by atoms with Crippen LogP contribution in [0.5, 0.6) is 0 Å². The Morgan fingerprint density at radius 2 is 0.984 bits per heavy atom. The van der Waals surface area contributed by atoms with Crippen molar-refractivity contribution in [1.29, 1.82) is 0 Å². The van der Waals surface area contributed by atoms with Crippen molar-refractivity contribution >= 4 is 82.0 Å². The highest BCUT2D eigenvalue weighted by atomic mass is 15.1. The van der Waals surface area contributed by atoms with E-state index in [0.717, 1.165) is 22.7 Å². The Morgan fingerprint density at radius 3 is 1.84 bits per heavy atom. The molecule has 0 amide bonds. The van der Waals surface area contributed by atoms with Crippen LogP contribution in [0, 0.1) is 0 Å². The molecule has 1 aliphatic carbocycles. The summed E-state index contributed by atoms with van der Waals surface area (Å²) in [5.74, 6) is 0. The number of rotatable bonds is 5. The van der Waals surface area contributed by atoms with E-state index < -0.39 is 0 Å². The summed E-state index contributed by atoms with van der Waals surface area (Å²) in [7, 11) is 0. The van der Waals surface area contributed by atoms with Crippen LogP contribution in [0.15, 0.2) is 206 Å². The van der Waals surface area contributed by atoms with Gasteiger partial charge in [0.1, 0.15) is 0 Å². The normalized spacial score (nSPS) is 13.2. The minimum atomic E-state index is -0.0980. The maximum absolute atomic E-state index is 2.46. The topological polar surface area (TPSA) is 8.17 Å². The molecule has 11 aromatic carbocycles. The van der Waals surface area contributed by atoms with E-state index in [1.807, 2.05) is 0 Å². The summed E-state index contributed by atoms with van der Waals surface area (Å²) in [5.41, 5.74) is 14.7. The third kappa shape index (κ3) is 4.97. The van der Waals surface area contributed by atoms with E-state index in [0.29, 0.717) is 0 Å². The van der Waals surface area contributed by atoms with Gasteiger partial charge in [0.2, 0.25) is 0 Å². The zero-order valence-corrected chi connectivity index (χ0v) is 34.0. The van der Waals surface area contributed by atoms with E-state index in [9.17, 15) is 0 Å². The van der Waals surface area contributed by atoms with Crippen LogP contribution >= 0.6 is 0 Å². The molecule has 61 heavy (non-hydrogen) atoms. The van der Waals surface area contributed by atoms with Gasteiger partial charge in [-0.3, -0.25) is 0 Å². The maximum Gasteiger partial charge on any atom is 0.0553 e. The van der Waals surface area contributed by atoms with E-state index in [4.69, 9.17) is 0 Å². The maximum atomic E-state index is 2.46. The highest BCUT2D eigenvalue weighted by Gasteiger charge is 2.35. The molecule has 0 aliphatic heterocycles. The van der Waals surface area contributed by atoms with Crippen LogP contribution in [0.4, 0.5) is 17.1 Å². The Bertz CT molecular complexity index is 3710. The predicted octanol–water partition coefficient (Wildman–Crippen LogP) is 16.3. The fourth-order valence-electron chi connectivity index (χ4n) is 10.7. The molecule has 0 unspecified atom stereocenters. The molecule has 13 rings (SSSR count). The van der Waals surface area contributed by atoms with Crippen LogP contribution < -0.4 is 4.90 Å². The van der Waals surface area contributed by atoms with Gasteiger partial charge >= 0.3 is 0 Å². The Kier molecular flexibility index (Phi) is 7.10. The van der Waals surface area contributed by atoms with Gasteiger partial charge in [-0.1, -0.05) is 159 Å². The lowest BCUT2D eigenvalue weighted by molar-refractivity contribution is 0.660. The van der Waals surface area contributed by atoms with E-state index >= 15 is 0 Å². The fourth-order valence-corrected chi connectivity index (χ4v) is 10.7. The van der Waals surface area contributed by atoms with Crippen molar-refractivity contribution in [2.45, 2.75) is 19.3 Å². The molecule has 2 heteroatoms. The smallest absolute Gasteiger partial charge is 0.0553 e. The fraction of sp³-hybridized carbons (Fsp3) is 0.0508. The highest BCUT2D eigenvalue weighted by Crippen LogP contribution is 2.51. The summed E-state index contributed by atoms with van der Waals surface area (Å²) < 4.78 is 2.46. The summed E-state index contributed by atoms with van der Waals surface area (Å²) in [6.07, 6.45) is 0. The van der Waals surface area contributed by atoms with Crippen molar-refractivity contribution in [3.8, 4) is 27.9 Å². The van der Waals surface area contributed by atoms with Gasteiger partial charge in [-0.2, -0.15) is 0 Å². The van der Waals surface area contributed by atoms with Crippen LogP contribution in [0.3, 0.4) is 0 Å². The highest BCUT2D eigenvalue weighted by molar-refractivity contribution is 6.33. The van der Waals surface area contributed by atoms with Crippen LogP contribution in [-0.4, -0.2) is 4.57 Å². The molecule has 286 valence electrons. The Balaban J connectivity index is 0.975. The first-order valence-corrected chi connectivity index (χ1v) is 21.3. The zero-order valence-electron chi connectivity index (χ0n) is 34.0. The minimum Gasteiger partial charge on any atom is -0.310 e. The van der Waals surface area contributed by atoms with E-state index in [1.54, 1.807) is 0 Å². The summed E-state index contributed by atoms with van der Waals surface area (Å²) in [5, 5.41) is 12.9. The number of para-hydroxylation sites is 1. The summed E-state index contributed by atoms with van der Waals surface area (Å²) in [4.78, 5) is 2.42. The Labute approximate surface area is 354 Å². The molecule has 2 nitrogen and oxygen atoms in total. The monoisotopic (exact) mass is 776 g/mol. The van der Waals surface area contributed by atoms with Gasteiger partial charge in [0.15, 0.2) is 0 Å². The van der Waals surface area contributed by atoms with Crippen molar-refractivity contribution in [2.75, 3.05) is 4.90 Å². The Hall–Kier alpha value is -7.68. The molecule has 0 atom stereocenters. The predicted molar refractivity (Wildman–Crippen MR) is 260 cm³/mol. The molecule has 12 aromatic rings. The first-order valence-electron chi connectivity index (χ1n) is 21.3. The van der Waals surface area contributed by atoms with Gasteiger partial charge in [0.25, 0.3) is 0 Å². The number of benzene rings is 11. The minimum absolute atomic E-state index is 0.0980. The van der Waals surface area contributed by atoms with Crippen LogP contribution in [-0.2, 0) is 5.41 Å². The van der Waals surface area contributed by atoms with Gasteiger partial charge in [0, 0.05) is 38.9 Å². The number of hydrogen-bond donors (Lipinski definition) is 0. The molecule has 1 aliphatic rings. The summed E-state index contributed by atoms with van der Waals surface area (Å²) in [6, 6.07) is 76.7. The van der Waals surface area contributed by atoms with Crippen LogP contribution in [0.2, 0.25) is 0 Å². The van der Waals surface area contributed by atoms with Crippen molar-refractivity contribution in [3.63, 3.8) is 0 Å². The van der Waals surface area contributed by atoms with Gasteiger partial charge in [-0.15, -0.1) is 0 Å². The third-order valence-electron chi connectivity index (χ3n) is 13.7. The molecular weight excluding hydrogens is 737 g/mol. The van der Waals surface area contributed by atoms with Crippen molar-refractivity contribution in [2.24, 2.45) is 0 Å². The van der Waals surface area contributed by atoms with E-state index in [2.05, 4.69) is 230 Å². The van der Waals surface area contributed by atoms with Gasteiger partial charge in [-0.25, -0.2) is 0 Å². The molecule has 0 bridgehead atoms. The van der Waals surface area contributed by atoms with Gasteiger partial charge in [0.05, 0.1) is 11.0 Å². The summed E-state index contributed by atoms with van der Waals surface area (Å²) >= 11 is 0. The van der Waals surface area contributed by atoms with Crippen LogP contribution in [0.25, 0.3) is 92.8 Å². The molecular formula is C59H40N2. The second kappa shape index (κ2) is 12.7.